The van der Waals surface area contributed by atoms with Gasteiger partial charge in [0.1, 0.15) is 5.75 Å². The van der Waals surface area contributed by atoms with E-state index in [1.165, 1.54) is 24.8 Å². The van der Waals surface area contributed by atoms with Gasteiger partial charge >= 0.3 is 0 Å². The Kier molecular flexibility index (Phi) is 6.66. The zero-order valence-electron chi connectivity index (χ0n) is 10.2. The van der Waals surface area contributed by atoms with Crippen LogP contribution >= 0.6 is 0 Å². The van der Waals surface area contributed by atoms with Crippen molar-refractivity contribution in [1.29, 1.82) is 0 Å². The van der Waals surface area contributed by atoms with Crippen LogP contribution < -0.4 is 10.5 Å². The van der Waals surface area contributed by atoms with Gasteiger partial charge in [-0.15, -0.1) is 0 Å². The van der Waals surface area contributed by atoms with Gasteiger partial charge in [0, 0.05) is 0 Å². The molecule has 0 amide bonds. The normalized spacial score (nSPS) is 10.4. The van der Waals surface area contributed by atoms with Crippen molar-refractivity contribution in [2.45, 2.75) is 39.0 Å². The Morgan fingerprint density at radius 1 is 1.06 bits per heavy atom. The van der Waals surface area contributed by atoms with E-state index < -0.39 is 0 Å². The molecule has 0 spiro atoms. The maximum Gasteiger partial charge on any atom is 0.119 e. The molecular weight excluding hydrogens is 198 g/mol. The van der Waals surface area contributed by atoms with E-state index in [4.69, 9.17) is 10.5 Å². The van der Waals surface area contributed by atoms with E-state index >= 15 is 0 Å². The molecule has 0 aliphatic rings. The molecule has 90 valence electrons. The van der Waals surface area contributed by atoms with E-state index in [0.717, 1.165) is 31.7 Å². The molecule has 0 fully saturated rings. The van der Waals surface area contributed by atoms with E-state index in [2.05, 4.69) is 31.2 Å². The van der Waals surface area contributed by atoms with Gasteiger partial charge < -0.3 is 10.5 Å². The van der Waals surface area contributed by atoms with E-state index in [0.29, 0.717) is 0 Å². The summed E-state index contributed by atoms with van der Waals surface area (Å²) in [6, 6.07) is 8.45. The maximum atomic E-state index is 5.61. The van der Waals surface area contributed by atoms with Crippen molar-refractivity contribution in [2.75, 3.05) is 13.2 Å². The highest BCUT2D eigenvalue weighted by molar-refractivity contribution is 5.27. The minimum atomic E-state index is 0.749. The Hall–Kier alpha value is -1.02. The minimum absolute atomic E-state index is 0.749. The highest BCUT2D eigenvalue weighted by Gasteiger charge is 1.95. The van der Waals surface area contributed by atoms with Gasteiger partial charge in [-0.1, -0.05) is 25.5 Å². The minimum Gasteiger partial charge on any atom is -0.494 e. The van der Waals surface area contributed by atoms with Gasteiger partial charge in [0.2, 0.25) is 0 Å². The van der Waals surface area contributed by atoms with Crippen molar-refractivity contribution < 1.29 is 4.74 Å². The fourth-order valence-corrected chi connectivity index (χ4v) is 1.57. The molecule has 0 saturated heterocycles. The van der Waals surface area contributed by atoms with Gasteiger partial charge in [-0.25, -0.2) is 0 Å². The molecule has 0 heterocycles. The summed E-state index contributed by atoms with van der Waals surface area (Å²) >= 11 is 0. The predicted octanol–water partition coefficient (Wildman–Crippen LogP) is 3.15. The number of nitrogens with two attached hydrogens (primary N) is 1. The smallest absolute Gasteiger partial charge is 0.119 e. The molecule has 2 N–H and O–H groups in total. The fourth-order valence-electron chi connectivity index (χ4n) is 1.57. The number of unbranched alkanes of at least 4 members (excludes halogenated alkanes) is 2. The summed E-state index contributed by atoms with van der Waals surface area (Å²) in [5.74, 6) is 0.970. The monoisotopic (exact) mass is 221 g/mol. The van der Waals surface area contributed by atoms with Crippen molar-refractivity contribution >= 4 is 0 Å². The van der Waals surface area contributed by atoms with Crippen molar-refractivity contribution in [3.8, 4) is 5.75 Å². The molecule has 0 unspecified atom stereocenters. The summed E-state index contributed by atoms with van der Waals surface area (Å²) in [6.45, 7) is 3.74. The lowest BCUT2D eigenvalue weighted by Gasteiger charge is -2.06. The third-order valence-corrected chi connectivity index (χ3v) is 2.61. The standard InChI is InChI=1S/C14H23NO/c1-2-3-6-13-7-9-14(10-8-13)16-12-5-4-11-15/h7-10H,2-6,11-12,15H2,1H3. The van der Waals surface area contributed by atoms with Crippen LogP contribution in [0.2, 0.25) is 0 Å². The van der Waals surface area contributed by atoms with Crippen LogP contribution in [0.5, 0.6) is 5.75 Å². The van der Waals surface area contributed by atoms with E-state index in [1.807, 2.05) is 0 Å². The van der Waals surface area contributed by atoms with Gasteiger partial charge in [-0.3, -0.25) is 0 Å². The molecule has 0 saturated carbocycles. The summed E-state index contributed by atoms with van der Waals surface area (Å²) in [5, 5.41) is 0. The number of ether oxygens (including phenoxy) is 1. The van der Waals surface area contributed by atoms with Crippen LogP contribution in [0, 0.1) is 0 Å². The SMILES string of the molecule is CCCCc1ccc(OCCCCN)cc1. The molecule has 2 nitrogen and oxygen atoms in total. The maximum absolute atomic E-state index is 5.61. The predicted molar refractivity (Wildman–Crippen MR) is 68.8 cm³/mol. The molecule has 0 aliphatic carbocycles. The van der Waals surface area contributed by atoms with E-state index in [-0.39, 0.29) is 0 Å². The Morgan fingerprint density at radius 2 is 1.81 bits per heavy atom. The molecule has 1 aromatic rings. The van der Waals surface area contributed by atoms with Crippen LogP contribution in [0.4, 0.5) is 0 Å². The van der Waals surface area contributed by atoms with Crippen LogP contribution in [0.3, 0.4) is 0 Å². The highest BCUT2D eigenvalue weighted by atomic mass is 16.5. The Labute approximate surface area is 98.8 Å². The number of aryl methyl sites for hydroxylation is 1. The number of rotatable bonds is 8. The zero-order valence-corrected chi connectivity index (χ0v) is 10.2. The number of hydrogen-bond donors (Lipinski definition) is 1. The fraction of sp³-hybridized carbons (Fsp3) is 0.571. The molecule has 0 atom stereocenters. The van der Waals surface area contributed by atoms with Crippen molar-refractivity contribution in [3.05, 3.63) is 29.8 Å². The summed E-state index contributed by atoms with van der Waals surface area (Å²) in [5.41, 5.74) is 6.82. The summed E-state index contributed by atoms with van der Waals surface area (Å²) in [4.78, 5) is 0. The van der Waals surface area contributed by atoms with Crippen LogP contribution in [-0.4, -0.2) is 13.2 Å². The summed E-state index contributed by atoms with van der Waals surface area (Å²) in [6.07, 6.45) is 5.75. The largest absolute Gasteiger partial charge is 0.494 e. The molecule has 0 aliphatic heterocycles. The summed E-state index contributed by atoms with van der Waals surface area (Å²) < 4.78 is 5.61. The van der Waals surface area contributed by atoms with Crippen molar-refractivity contribution in [1.82, 2.24) is 0 Å². The first-order chi connectivity index (χ1) is 7.86. The quantitative estimate of drug-likeness (QED) is 0.684. The molecule has 1 aromatic carbocycles. The average Bonchev–Trinajstić information content (AvgIpc) is 2.33. The van der Waals surface area contributed by atoms with Gasteiger partial charge in [0.25, 0.3) is 0 Å². The van der Waals surface area contributed by atoms with Crippen LogP contribution in [0.1, 0.15) is 38.2 Å². The Balaban J connectivity index is 2.27. The second-order valence-corrected chi connectivity index (χ2v) is 4.09. The van der Waals surface area contributed by atoms with Gasteiger partial charge in [-0.2, -0.15) is 0 Å². The first-order valence-corrected chi connectivity index (χ1v) is 6.28. The molecular formula is C14H23NO. The molecule has 0 aromatic heterocycles. The molecule has 2 heteroatoms. The third kappa shape index (κ3) is 5.17. The summed E-state index contributed by atoms with van der Waals surface area (Å²) in [7, 11) is 0. The van der Waals surface area contributed by atoms with Gasteiger partial charge in [0.05, 0.1) is 6.61 Å². The first-order valence-electron chi connectivity index (χ1n) is 6.28. The van der Waals surface area contributed by atoms with E-state index in [1.54, 1.807) is 0 Å². The van der Waals surface area contributed by atoms with Crippen LogP contribution in [0.25, 0.3) is 0 Å². The lowest BCUT2D eigenvalue weighted by Crippen LogP contribution is -2.03. The van der Waals surface area contributed by atoms with Gasteiger partial charge in [0.15, 0.2) is 0 Å². The highest BCUT2D eigenvalue weighted by Crippen LogP contribution is 2.14. The topological polar surface area (TPSA) is 35.2 Å². The second-order valence-electron chi connectivity index (χ2n) is 4.09. The van der Waals surface area contributed by atoms with Gasteiger partial charge in [-0.05, 0) is 49.9 Å². The first kappa shape index (κ1) is 13.0. The van der Waals surface area contributed by atoms with Crippen LogP contribution in [-0.2, 0) is 6.42 Å². The number of benzene rings is 1. The third-order valence-electron chi connectivity index (χ3n) is 2.61. The van der Waals surface area contributed by atoms with E-state index in [9.17, 15) is 0 Å². The Morgan fingerprint density at radius 3 is 2.44 bits per heavy atom. The Bertz CT molecular complexity index is 269. The van der Waals surface area contributed by atoms with Crippen molar-refractivity contribution in [3.63, 3.8) is 0 Å². The average molecular weight is 221 g/mol. The molecule has 16 heavy (non-hydrogen) atoms. The zero-order chi connectivity index (χ0) is 11.6. The van der Waals surface area contributed by atoms with Crippen LogP contribution in [0.15, 0.2) is 24.3 Å². The van der Waals surface area contributed by atoms with Crippen molar-refractivity contribution in [2.24, 2.45) is 5.73 Å². The number of hydrogen-bond acceptors (Lipinski definition) is 2. The molecule has 0 radical (unpaired) electrons. The molecule has 0 bridgehead atoms. The lowest BCUT2D eigenvalue weighted by molar-refractivity contribution is 0.308. The lowest BCUT2D eigenvalue weighted by atomic mass is 10.1. The molecule has 1 rings (SSSR count). The second kappa shape index (κ2) is 8.17.